The van der Waals surface area contributed by atoms with Crippen molar-refractivity contribution in [2.75, 3.05) is 26.4 Å². The summed E-state index contributed by atoms with van der Waals surface area (Å²) < 4.78 is 33.6. The molecule has 0 heterocycles. The number of ether oxygens (including phenoxy) is 6. The van der Waals surface area contributed by atoms with Gasteiger partial charge in [-0.3, -0.25) is 28.8 Å². The van der Waals surface area contributed by atoms with E-state index in [1.54, 1.807) is 0 Å². The fourth-order valence-corrected chi connectivity index (χ4v) is 11.3. The van der Waals surface area contributed by atoms with Crippen LogP contribution in [0.15, 0.2) is 48.6 Å². The Hall–Kier alpha value is -4.22. The molecule has 0 atom stereocenters. The van der Waals surface area contributed by atoms with E-state index in [1.807, 2.05) is 0 Å². The number of hydrogen-bond acceptors (Lipinski definition) is 12. The van der Waals surface area contributed by atoms with E-state index < -0.39 is 48.0 Å². The van der Waals surface area contributed by atoms with Crippen molar-refractivity contribution in [2.45, 2.75) is 412 Å². The van der Waals surface area contributed by atoms with Crippen molar-refractivity contribution in [2.24, 2.45) is 0 Å². The first-order valence-electron chi connectivity index (χ1n) is 39.8. The van der Waals surface area contributed by atoms with Gasteiger partial charge in [0, 0.05) is 25.7 Å². The van der Waals surface area contributed by atoms with Gasteiger partial charge in [-0.05, 0) is 128 Å². The molecule has 546 valence electrons. The average molecular weight is 1320 g/mol. The Labute approximate surface area is 577 Å². The summed E-state index contributed by atoms with van der Waals surface area (Å²) in [6.07, 6.45) is 76.2. The van der Waals surface area contributed by atoms with Crippen LogP contribution in [0.5, 0.6) is 0 Å². The normalized spacial score (nSPS) is 12.3. The van der Waals surface area contributed by atoms with E-state index in [0.717, 1.165) is 154 Å². The van der Waals surface area contributed by atoms with E-state index >= 15 is 0 Å². The predicted molar refractivity (Wildman–Crippen MR) is 391 cm³/mol. The van der Waals surface area contributed by atoms with Gasteiger partial charge in [-0.2, -0.15) is 0 Å². The molecule has 0 rings (SSSR count). The van der Waals surface area contributed by atoms with Crippen LogP contribution in [0.3, 0.4) is 0 Å². The van der Waals surface area contributed by atoms with Gasteiger partial charge in [-0.1, -0.05) is 282 Å². The van der Waals surface area contributed by atoms with Crippen LogP contribution >= 0.6 is 0 Å². The van der Waals surface area contributed by atoms with E-state index in [2.05, 4.69) is 76.3 Å². The number of carbonyl (C=O) groups excluding carboxylic acids is 6. The van der Waals surface area contributed by atoms with Crippen molar-refractivity contribution >= 4 is 35.8 Å². The van der Waals surface area contributed by atoms with Crippen molar-refractivity contribution in [1.29, 1.82) is 0 Å². The van der Waals surface area contributed by atoms with Crippen molar-refractivity contribution in [3.05, 3.63) is 48.6 Å². The lowest BCUT2D eigenvalue weighted by molar-refractivity contribution is -0.170. The van der Waals surface area contributed by atoms with E-state index in [0.29, 0.717) is 25.7 Å². The summed E-state index contributed by atoms with van der Waals surface area (Å²) in [4.78, 5) is 78.2. The zero-order valence-electron chi connectivity index (χ0n) is 61.5. The smallest absolute Gasteiger partial charge is 0.306 e. The topological polar surface area (TPSA) is 158 Å². The van der Waals surface area contributed by atoms with Crippen LogP contribution in [0, 0.1) is 0 Å². The van der Waals surface area contributed by atoms with Crippen LogP contribution in [0.1, 0.15) is 400 Å². The fraction of sp³-hybridized carbons (Fsp3) is 0.829. The Morgan fingerprint density at radius 2 is 0.362 bits per heavy atom. The molecule has 0 radical (unpaired) electrons. The first kappa shape index (κ1) is 89.8. The van der Waals surface area contributed by atoms with Crippen LogP contribution in [0.4, 0.5) is 0 Å². The molecule has 0 N–H and O–H groups in total. The summed E-state index contributed by atoms with van der Waals surface area (Å²) in [6.45, 7) is 7.80. The molecule has 0 saturated carbocycles. The minimum atomic E-state index is -1.07. The lowest BCUT2D eigenvalue weighted by atomic mass is 10.1. The summed E-state index contributed by atoms with van der Waals surface area (Å²) >= 11 is 0. The predicted octanol–water partition coefficient (Wildman–Crippen LogP) is 23.9. The van der Waals surface area contributed by atoms with Gasteiger partial charge in [0.05, 0.1) is 12.8 Å². The van der Waals surface area contributed by atoms with Crippen LogP contribution in [-0.4, -0.2) is 74.5 Å². The number of esters is 6. The summed E-state index contributed by atoms with van der Waals surface area (Å²) in [5.74, 6) is -3.22. The van der Waals surface area contributed by atoms with Gasteiger partial charge >= 0.3 is 35.8 Å². The maximum absolute atomic E-state index is 13.3. The molecule has 0 spiro atoms. The highest BCUT2D eigenvalue weighted by Gasteiger charge is 2.23. The Kier molecular flexibility index (Phi) is 71.2. The third-order valence-corrected chi connectivity index (χ3v) is 17.4. The van der Waals surface area contributed by atoms with Gasteiger partial charge in [0.1, 0.15) is 26.4 Å². The second kappa shape index (κ2) is 74.6. The van der Waals surface area contributed by atoms with E-state index in [9.17, 15) is 28.8 Å². The molecule has 0 aliphatic heterocycles. The van der Waals surface area contributed by atoms with Gasteiger partial charge < -0.3 is 28.4 Å². The second-order valence-corrected chi connectivity index (χ2v) is 26.8. The number of unbranched alkanes of at least 4 members (excludes halogenated alkanes) is 44. The Balaban J connectivity index is 5.33. The molecule has 0 unspecified atom stereocenters. The summed E-state index contributed by atoms with van der Waals surface area (Å²) in [5, 5.41) is 0. The summed E-state index contributed by atoms with van der Waals surface area (Å²) in [6, 6.07) is 0. The quantitative estimate of drug-likeness (QED) is 0.0246. The number of allylic oxidation sites excluding steroid dienone is 8. The Morgan fingerprint density at radius 1 is 0.202 bits per heavy atom. The maximum atomic E-state index is 13.3. The Morgan fingerprint density at radius 3 is 0.543 bits per heavy atom. The molecule has 12 heteroatoms. The lowest BCUT2D eigenvalue weighted by Gasteiger charge is -2.19. The average Bonchev–Trinajstić information content (AvgIpc) is 3.68. The second-order valence-electron chi connectivity index (χ2n) is 26.8. The molecule has 0 bridgehead atoms. The molecular formula is C82H146O12. The first-order chi connectivity index (χ1) is 46.1. The highest BCUT2D eigenvalue weighted by Crippen LogP contribution is 2.17. The molecule has 12 nitrogen and oxygen atoms in total. The molecule has 0 aromatic heterocycles. The molecule has 0 aliphatic carbocycles. The molecule has 0 aliphatic rings. The van der Waals surface area contributed by atoms with Crippen molar-refractivity contribution in [1.82, 2.24) is 0 Å². The highest BCUT2D eigenvalue weighted by molar-refractivity contribution is 5.78. The largest absolute Gasteiger partial charge is 0.462 e. The van der Waals surface area contributed by atoms with Gasteiger partial charge in [0.25, 0.3) is 0 Å². The standard InChI is InChI=1S/C82H146O12/c1-5-9-13-17-21-25-29-33-37-41-45-49-53-57-61-65-77(83)89-71-75(72-90-78(84)66-62-58-54-50-46-42-38-34-30-26-22-18-14-10-6-2)93-81(87)69-70-82(88)94-76(73-91-79(85)67-63-59-55-51-47-43-39-35-31-27-23-19-15-11-7-3)74-92-80(86)68-64-60-56-52-48-44-40-36-32-28-24-20-16-12-8-4/h33-40,75-76H,5-32,41-74H2,1-4H3. The molecule has 94 heavy (non-hydrogen) atoms. The van der Waals surface area contributed by atoms with Crippen molar-refractivity contribution in [3.8, 4) is 0 Å². The monoisotopic (exact) mass is 1320 g/mol. The molecule has 0 aromatic carbocycles. The minimum absolute atomic E-state index is 0.223. The molecular weight excluding hydrogens is 1180 g/mol. The van der Waals surface area contributed by atoms with E-state index in [1.165, 1.54) is 154 Å². The van der Waals surface area contributed by atoms with Crippen LogP contribution in [-0.2, 0) is 57.2 Å². The summed E-state index contributed by atoms with van der Waals surface area (Å²) in [7, 11) is 0. The number of rotatable bonds is 73. The lowest BCUT2D eigenvalue weighted by Crippen LogP contribution is -2.32. The van der Waals surface area contributed by atoms with Gasteiger partial charge in [-0.15, -0.1) is 0 Å². The number of carbonyl (C=O) groups is 6. The fourth-order valence-electron chi connectivity index (χ4n) is 11.3. The molecule has 0 amide bonds. The van der Waals surface area contributed by atoms with E-state index in [-0.39, 0.29) is 65.0 Å². The maximum Gasteiger partial charge on any atom is 0.306 e. The van der Waals surface area contributed by atoms with Gasteiger partial charge in [0.2, 0.25) is 0 Å². The third kappa shape index (κ3) is 70.6. The van der Waals surface area contributed by atoms with Crippen molar-refractivity contribution < 1.29 is 57.2 Å². The van der Waals surface area contributed by atoms with Crippen LogP contribution in [0.25, 0.3) is 0 Å². The van der Waals surface area contributed by atoms with Crippen molar-refractivity contribution in [3.63, 3.8) is 0 Å². The zero-order chi connectivity index (χ0) is 68.4. The van der Waals surface area contributed by atoms with Gasteiger partial charge in [-0.25, -0.2) is 0 Å². The highest BCUT2D eigenvalue weighted by atomic mass is 16.6. The molecule has 0 saturated heterocycles. The number of hydrogen-bond donors (Lipinski definition) is 0. The SMILES string of the molecule is CCCCCCCCC=CCCCCCCCC(=O)OCC(COC(=O)CCCCCCCC=CCCCCCCCC)OC(=O)CCC(=O)OC(COC(=O)CCCCCCCC=CCCCCCCCC)COC(=O)CCCCCCCC=CCCCCCCCC. The van der Waals surface area contributed by atoms with E-state index in [4.69, 9.17) is 28.4 Å². The van der Waals surface area contributed by atoms with Crippen LogP contribution < -0.4 is 0 Å². The molecule has 0 fully saturated rings. The summed E-state index contributed by atoms with van der Waals surface area (Å²) in [5.41, 5.74) is 0. The first-order valence-corrected chi connectivity index (χ1v) is 39.8. The third-order valence-electron chi connectivity index (χ3n) is 17.4. The Bertz CT molecular complexity index is 1600. The molecule has 0 aromatic rings. The minimum Gasteiger partial charge on any atom is -0.462 e. The van der Waals surface area contributed by atoms with Gasteiger partial charge in [0.15, 0.2) is 12.2 Å². The zero-order valence-corrected chi connectivity index (χ0v) is 61.5. The van der Waals surface area contributed by atoms with Crippen LogP contribution in [0.2, 0.25) is 0 Å².